The van der Waals surface area contributed by atoms with Crippen LogP contribution in [-0.2, 0) is 9.53 Å². The fraction of sp³-hybridized carbons (Fsp3) is 0.529. The van der Waals surface area contributed by atoms with Crippen molar-refractivity contribution in [3.05, 3.63) is 24.0 Å². The molecule has 1 aliphatic rings. The second kappa shape index (κ2) is 7.51. The normalized spacial score (nSPS) is 14.4. The van der Waals surface area contributed by atoms with Gasteiger partial charge in [-0.05, 0) is 45.7 Å². The average Bonchev–Trinajstić information content (AvgIpc) is 2.99. The number of hydrogen-bond acceptors (Lipinski definition) is 4. The molecule has 0 aliphatic carbocycles. The molecule has 1 aromatic carbocycles. The van der Waals surface area contributed by atoms with Gasteiger partial charge in [-0.2, -0.15) is 0 Å². The van der Waals surface area contributed by atoms with Crippen molar-refractivity contribution in [2.24, 2.45) is 0 Å². The Hall–Kier alpha value is -2.31. The number of para-hydroxylation sites is 1. The smallest absolute Gasteiger partial charge is 0.408 e. The van der Waals surface area contributed by atoms with Gasteiger partial charge in [-0.15, -0.1) is 0 Å². The van der Waals surface area contributed by atoms with E-state index in [1.807, 2.05) is 4.90 Å². The van der Waals surface area contributed by atoms with E-state index in [4.69, 9.17) is 4.74 Å². The minimum Gasteiger partial charge on any atom is -0.444 e. The fourth-order valence-corrected chi connectivity index (χ4v) is 2.51. The SMILES string of the molecule is CC(C)(C)OC(=O)NCC(=O)Nc1c(F)cccc1N1CCCC1. The van der Waals surface area contributed by atoms with Crippen LogP contribution in [-0.4, -0.2) is 37.2 Å². The summed E-state index contributed by atoms with van der Waals surface area (Å²) in [7, 11) is 0. The molecular weight excluding hydrogens is 313 g/mol. The minimum atomic E-state index is -0.689. The van der Waals surface area contributed by atoms with Crippen LogP contribution in [0.25, 0.3) is 0 Å². The fourth-order valence-electron chi connectivity index (χ4n) is 2.51. The maximum atomic E-state index is 14.1. The lowest BCUT2D eigenvalue weighted by molar-refractivity contribution is -0.115. The number of nitrogens with zero attached hydrogens (tertiary/aromatic N) is 1. The number of carbonyl (C=O) groups excluding carboxylic acids is 2. The van der Waals surface area contributed by atoms with Crippen molar-refractivity contribution in [3.8, 4) is 0 Å². The molecule has 132 valence electrons. The summed E-state index contributed by atoms with van der Waals surface area (Å²) in [6.45, 7) is 6.57. The minimum absolute atomic E-state index is 0.149. The number of anilines is 2. The molecule has 1 fully saturated rings. The van der Waals surface area contributed by atoms with E-state index in [9.17, 15) is 14.0 Å². The van der Waals surface area contributed by atoms with Gasteiger partial charge in [-0.25, -0.2) is 9.18 Å². The van der Waals surface area contributed by atoms with Crippen LogP contribution < -0.4 is 15.5 Å². The number of hydrogen-bond donors (Lipinski definition) is 2. The summed E-state index contributed by atoms with van der Waals surface area (Å²) in [5, 5.41) is 4.91. The van der Waals surface area contributed by atoms with Crippen LogP contribution >= 0.6 is 0 Å². The van der Waals surface area contributed by atoms with Crippen molar-refractivity contribution in [2.45, 2.75) is 39.2 Å². The summed E-state index contributed by atoms with van der Waals surface area (Å²) >= 11 is 0. The monoisotopic (exact) mass is 337 g/mol. The van der Waals surface area contributed by atoms with Gasteiger partial charge < -0.3 is 20.3 Å². The third kappa shape index (κ3) is 5.11. The van der Waals surface area contributed by atoms with Gasteiger partial charge in [0.2, 0.25) is 5.91 Å². The van der Waals surface area contributed by atoms with E-state index in [2.05, 4.69) is 10.6 Å². The molecule has 0 bridgehead atoms. The Morgan fingerprint density at radius 2 is 1.92 bits per heavy atom. The van der Waals surface area contributed by atoms with E-state index in [1.54, 1.807) is 32.9 Å². The summed E-state index contributed by atoms with van der Waals surface area (Å²) in [6, 6.07) is 4.71. The van der Waals surface area contributed by atoms with Gasteiger partial charge in [0, 0.05) is 13.1 Å². The maximum absolute atomic E-state index is 14.1. The molecule has 1 saturated heterocycles. The molecule has 1 heterocycles. The van der Waals surface area contributed by atoms with Crippen LogP contribution in [0.2, 0.25) is 0 Å². The molecular formula is C17H24FN3O3. The van der Waals surface area contributed by atoms with Crippen molar-refractivity contribution < 1.29 is 18.7 Å². The highest BCUT2D eigenvalue weighted by molar-refractivity contribution is 5.97. The van der Waals surface area contributed by atoms with Crippen molar-refractivity contribution >= 4 is 23.4 Å². The van der Waals surface area contributed by atoms with Crippen LogP contribution in [0.4, 0.5) is 20.6 Å². The van der Waals surface area contributed by atoms with E-state index in [0.29, 0.717) is 5.69 Å². The molecule has 1 aliphatic heterocycles. The number of rotatable bonds is 4. The van der Waals surface area contributed by atoms with Crippen LogP contribution in [0.15, 0.2) is 18.2 Å². The van der Waals surface area contributed by atoms with Gasteiger partial charge in [-0.3, -0.25) is 4.79 Å². The number of nitrogens with one attached hydrogen (secondary N) is 2. The third-order valence-electron chi connectivity index (χ3n) is 3.49. The Labute approximate surface area is 141 Å². The Morgan fingerprint density at radius 1 is 1.25 bits per heavy atom. The number of halogens is 1. The molecule has 0 aromatic heterocycles. The Kier molecular flexibility index (Phi) is 5.64. The molecule has 0 atom stereocenters. The van der Waals surface area contributed by atoms with Gasteiger partial charge in [0.05, 0.1) is 5.69 Å². The predicted molar refractivity (Wildman–Crippen MR) is 90.7 cm³/mol. The third-order valence-corrected chi connectivity index (χ3v) is 3.49. The maximum Gasteiger partial charge on any atom is 0.408 e. The van der Waals surface area contributed by atoms with Gasteiger partial charge in [0.15, 0.2) is 0 Å². The quantitative estimate of drug-likeness (QED) is 0.886. The first kappa shape index (κ1) is 18.0. The second-order valence-electron chi connectivity index (χ2n) is 6.73. The first-order valence-corrected chi connectivity index (χ1v) is 8.06. The zero-order valence-electron chi connectivity index (χ0n) is 14.3. The van der Waals surface area contributed by atoms with Gasteiger partial charge in [-0.1, -0.05) is 6.07 Å². The molecule has 0 unspecified atom stereocenters. The molecule has 0 radical (unpaired) electrons. The number of amides is 2. The van der Waals surface area contributed by atoms with E-state index < -0.39 is 23.4 Å². The molecule has 0 saturated carbocycles. The summed E-state index contributed by atoms with van der Waals surface area (Å²) in [4.78, 5) is 25.6. The van der Waals surface area contributed by atoms with Crippen LogP contribution in [0.5, 0.6) is 0 Å². The molecule has 0 spiro atoms. The molecule has 2 rings (SSSR count). The summed E-state index contributed by atoms with van der Waals surface area (Å²) < 4.78 is 19.2. The van der Waals surface area contributed by atoms with Crippen molar-refractivity contribution in [1.29, 1.82) is 0 Å². The molecule has 24 heavy (non-hydrogen) atoms. The lowest BCUT2D eigenvalue weighted by Gasteiger charge is -2.22. The van der Waals surface area contributed by atoms with E-state index in [-0.39, 0.29) is 12.2 Å². The summed E-state index contributed by atoms with van der Waals surface area (Å²) in [5.74, 6) is -1.00. The Balaban J connectivity index is 1.97. The number of benzene rings is 1. The number of alkyl carbamates (subject to hydrolysis) is 1. The summed E-state index contributed by atoms with van der Waals surface area (Å²) in [5.41, 5.74) is 0.170. The van der Waals surface area contributed by atoms with E-state index in [0.717, 1.165) is 25.9 Å². The van der Waals surface area contributed by atoms with Gasteiger partial charge >= 0.3 is 6.09 Å². The van der Waals surface area contributed by atoms with E-state index >= 15 is 0 Å². The number of carbonyl (C=O) groups is 2. The highest BCUT2D eigenvalue weighted by atomic mass is 19.1. The molecule has 1 aromatic rings. The molecule has 7 heteroatoms. The lowest BCUT2D eigenvalue weighted by Crippen LogP contribution is -2.37. The van der Waals surface area contributed by atoms with E-state index in [1.165, 1.54) is 6.07 Å². The van der Waals surface area contributed by atoms with Gasteiger partial charge in [0.25, 0.3) is 0 Å². The highest BCUT2D eigenvalue weighted by Crippen LogP contribution is 2.31. The standard InChI is InChI=1S/C17H24FN3O3/c1-17(2,3)24-16(23)19-11-14(22)20-15-12(18)7-6-8-13(15)21-9-4-5-10-21/h6-8H,4-5,9-11H2,1-3H3,(H,19,23)(H,20,22). The first-order chi connectivity index (χ1) is 11.3. The average molecular weight is 337 g/mol. The summed E-state index contributed by atoms with van der Waals surface area (Å²) in [6.07, 6.45) is 1.40. The number of ether oxygens (including phenoxy) is 1. The Bertz CT molecular complexity index is 608. The van der Waals surface area contributed by atoms with Crippen molar-refractivity contribution in [1.82, 2.24) is 5.32 Å². The predicted octanol–water partition coefficient (Wildman–Crippen LogP) is 2.89. The zero-order chi connectivity index (χ0) is 17.7. The second-order valence-corrected chi connectivity index (χ2v) is 6.73. The first-order valence-electron chi connectivity index (χ1n) is 8.06. The van der Waals surface area contributed by atoms with Gasteiger partial charge in [0.1, 0.15) is 23.7 Å². The topological polar surface area (TPSA) is 70.7 Å². The molecule has 2 N–H and O–H groups in total. The van der Waals surface area contributed by atoms with Crippen LogP contribution in [0, 0.1) is 5.82 Å². The molecule has 2 amide bonds. The van der Waals surface area contributed by atoms with Crippen molar-refractivity contribution in [3.63, 3.8) is 0 Å². The van der Waals surface area contributed by atoms with Crippen LogP contribution in [0.3, 0.4) is 0 Å². The van der Waals surface area contributed by atoms with Crippen molar-refractivity contribution in [2.75, 3.05) is 29.9 Å². The Morgan fingerprint density at radius 3 is 2.54 bits per heavy atom. The zero-order valence-corrected chi connectivity index (χ0v) is 14.3. The largest absolute Gasteiger partial charge is 0.444 e. The highest BCUT2D eigenvalue weighted by Gasteiger charge is 2.20. The molecule has 6 nitrogen and oxygen atoms in total. The van der Waals surface area contributed by atoms with Crippen LogP contribution in [0.1, 0.15) is 33.6 Å². The lowest BCUT2D eigenvalue weighted by atomic mass is 10.2.